The van der Waals surface area contributed by atoms with Crippen LogP contribution in [0.25, 0.3) is 0 Å². The molecule has 0 aliphatic carbocycles. The minimum absolute atomic E-state index is 0.0240. The molecule has 0 amide bonds. The average Bonchev–Trinajstić information content (AvgIpc) is 2.58. The van der Waals surface area contributed by atoms with E-state index < -0.39 is 11.9 Å². The number of aromatic nitrogens is 1. The average molecular weight is 311 g/mol. The highest BCUT2D eigenvalue weighted by Gasteiger charge is 2.28. The number of carbonyl (C=O) groups excluding carboxylic acids is 1. The Morgan fingerprint density at radius 1 is 1.09 bits per heavy atom. The summed E-state index contributed by atoms with van der Waals surface area (Å²) in [6.07, 6.45) is 2.69. The number of nitrogens with zero attached hydrogens (tertiary/aromatic N) is 1. The number of hydrogen-bond acceptors (Lipinski definition) is 3. The third kappa shape index (κ3) is 5.02. The largest absolute Gasteiger partial charge is 0.481 e. The maximum Gasteiger partial charge on any atom is 0.307 e. The van der Waals surface area contributed by atoms with Crippen molar-refractivity contribution in [1.82, 2.24) is 4.98 Å². The van der Waals surface area contributed by atoms with Gasteiger partial charge >= 0.3 is 5.97 Å². The SMILES string of the molecule is CC(c1ccccn1)C(CC(=O)CCc1ccccc1)C(=O)O. The van der Waals surface area contributed by atoms with Gasteiger partial charge in [-0.05, 0) is 24.1 Å². The van der Waals surface area contributed by atoms with Crippen molar-refractivity contribution < 1.29 is 14.7 Å². The zero-order valence-electron chi connectivity index (χ0n) is 13.2. The van der Waals surface area contributed by atoms with Gasteiger partial charge in [0.2, 0.25) is 0 Å². The monoisotopic (exact) mass is 311 g/mol. The van der Waals surface area contributed by atoms with E-state index in [2.05, 4.69) is 4.98 Å². The molecule has 0 radical (unpaired) electrons. The Morgan fingerprint density at radius 3 is 2.39 bits per heavy atom. The van der Waals surface area contributed by atoms with E-state index in [9.17, 15) is 14.7 Å². The Morgan fingerprint density at radius 2 is 1.78 bits per heavy atom. The van der Waals surface area contributed by atoms with Gasteiger partial charge in [-0.2, -0.15) is 0 Å². The fraction of sp³-hybridized carbons (Fsp3) is 0.316. The number of rotatable bonds is 8. The molecule has 120 valence electrons. The molecule has 4 heteroatoms. The van der Waals surface area contributed by atoms with Gasteiger partial charge in [-0.3, -0.25) is 14.6 Å². The summed E-state index contributed by atoms with van der Waals surface area (Å²) in [7, 11) is 0. The molecule has 2 rings (SSSR count). The first-order valence-corrected chi connectivity index (χ1v) is 7.77. The zero-order valence-corrected chi connectivity index (χ0v) is 13.2. The van der Waals surface area contributed by atoms with Crippen LogP contribution in [0.2, 0.25) is 0 Å². The van der Waals surface area contributed by atoms with Crippen LogP contribution in [0.1, 0.15) is 36.9 Å². The first-order valence-electron chi connectivity index (χ1n) is 7.77. The number of benzene rings is 1. The Labute approximate surface area is 136 Å². The fourth-order valence-corrected chi connectivity index (χ4v) is 2.61. The van der Waals surface area contributed by atoms with Gasteiger partial charge < -0.3 is 5.11 Å². The van der Waals surface area contributed by atoms with E-state index in [1.54, 1.807) is 18.3 Å². The number of carbonyl (C=O) groups is 2. The molecular weight excluding hydrogens is 290 g/mol. The first kappa shape index (κ1) is 16.9. The Hall–Kier alpha value is -2.49. The number of ketones is 1. The standard InChI is InChI=1S/C19H21NO3/c1-14(18-9-5-6-12-20-18)17(19(22)23)13-16(21)11-10-15-7-3-2-4-8-15/h2-9,12,14,17H,10-11,13H2,1H3,(H,22,23). The molecule has 1 aromatic carbocycles. The summed E-state index contributed by atoms with van der Waals surface area (Å²) in [5.41, 5.74) is 1.79. The Kier molecular flexibility index (Phi) is 6.03. The molecule has 2 atom stereocenters. The van der Waals surface area contributed by atoms with Crippen LogP contribution in [0.5, 0.6) is 0 Å². The molecule has 0 saturated heterocycles. The van der Waals surface area contributed by atoms with Gasteiger partial charge in [0, 0.05) is 30.7 Å². The van der Waals surface area contributed by atoms with Gasteiger partial charge in [0.1, 0.15) is 5.78 Å². The van der Waals surface area contributed by atoms with Crippen LogP contribution in [-0.2, 0) is 16.0 Å². The molecule has 1 N–H and O–H groups in total. The van der Waals surface area contributed by atoms with Crippen LogP contribution >= 0.6 is 0 Å². The number of pyridine rings is 1. The smallest absolute Gasteiger partial charge is 0.307 e. The molecule has 0 aliphatic heterocycles. The number of Topliss-reactive ketones (excluding diaryl/α,β-unsaturated/α-hetero) is 1. The van der Waals surface area contributed by atoms with Crippen molar-refractivity contribution in [3.63, 3.8) is 0 Å². The molecule has 1 aromatic heterocycles. The molecule has 0 saturated carbocycles. The summed E-state index contributed by atoms with van der Waals surface area (Å²) in [5.74, 6) is -2.01. The molecular formula is C19H21NO3. The van der Waals surface area contributed by atoms with Crippen LogP contribution < -0.4 is 0 Å². The van der Waals surface area contributed by atoms with Crippen molar-refractivity contribution in [3.8, 4) is 0 Å². The van der Waals surface area contributed by atoms with Crippen LogP contribution in [0.4, 0.5) is 0 Å². The quantitative estimate of drug-likeness (QED) is 0.810. The number of carboxylic acids is 1. The van der Waals surface area contributed by atoms with Crippen molar-refractivity contribution >= 4 is 11.8 Å². The third-order valence-corrected chi connectivity index (χ3v) is 4.06. The van der Waals surface area contributed by atoms with E-state index in [1.165, 1.54) is 0 Å². The minimum Gasteiger partial charge on any atom is -0.481 e. The summed E-state index contributed by atoms with van der Waals surface area (Å²) < 4.78 is 0. The Balaban J connectivity index is 1.96. The number of aliphatic carboxylic acids is 1. The lowest BCUT2D eigenvalue weighted by atomic mass is 9.86. The van der Waals surface area contributed by atoms with Crippen molar-refractivity contribution in [1.29, 1.82) is 0 Å². The van der Waals surface area contributed by atoms with Gasteiger partial charge in [-0.25, -0.2) is 0 Å². The highest BCUT2D eigenvalue weighted by molar-refractivity contribution is 5.84. The second kappa shape index (κ2) is 8.22. The van der Waals surface area contributed by atoms with Crippen LogP contribution in [0, 0.1) is 5.92 Å². The summed E-state index contributed by atoms with van der Waals surface area (Å²) in [6, 6.07) is 15.2. The molecule has 0 aliphatic rings. The molecule has 0 bridgehead atoms. The van der Waals surface area contributed by atoms with Crippen molar-refractivity contribution in [2.75, 3.05) is 0 Å². The minimum atomic E-state index is -0.948. The number of aryl methyl sites for hydroxylation is 1. The van der Waals surface area contributed by atoms with E-state index in [4.69, 9.17) is 0 Å². The highest BCUT2D eigenvalue weighted by atomic mass is 16.4. The summed E-state index contributed by atoms with van der Waals surface area (Å²) in [5, 5.41) is 9.46. The van der Waals surface area contributed by atoms with Crippen LogP contribution in [-0.4, -0.2) is 21.8 Å². The summed E-state index contributed by atoms with van der Waals surface area (Å²) in [6.45, 7) is 1.81. The van der Waals surface area contributed by atoms with E-state index in [0.29, 0.717) is 18.5 Å². The Bertz CT molecular complexity index is 640. The predicted molar refractivity (Wildman–Crippen MR) is 88.2 cm³/mol. The molecule has 1 heterocycles. The van der Waals surface area contributed by atoms with Gasteiger partial charge in [0.05, 0.1) is 5.92 Å². The zero-order chi connectivity index (χ0) is 16.7. The van der Waals surface area contributed by atoms with Crippen LogP contribution in [0.3, 0.4) is 0 Å². The lowest BCUT2D eigenvalue weighted by Gasteiger charge is -2.19. The van der Waals surface area contributed by atoms with E-state index in [1.807, 2.05) is 43.3 Å². The van der Waals surface area contributed by atoms with E-state index in [-0.39, 0.29) is 18.1 Å². The third-order valence-electron chi connectivity index (χ3n) is 4.06. The summed E-state index contributed by atoms with van der Waals surface area (Å²) in [4.78, 5) is 27.9. The maximum absolute atomic E-state index is 12.2. The molecule has 2 aromatic rings. The summed E-state index contributed by atoms with van der Waals surface area (Å²) >= 11 is 0. The lowest BCUT2D eigenvalue weighted by molar-refractivity contribution is -0.144. The van der Waals surface area contributed by atoms with Crippen molar-refractivity contribution in [2.24, 2.45) is 5.92 Å². The van der Waals surface area contributed by atoms with Gasteiger partial charge in [-0.15, -0.1) is 0 Å². The van der Waals surface area contributed by atoms with E-state index >= 15 is 0 Å². The second-order valence-corrected chi connectivity index (χ2v) is 5.72. The fourth-order valence-electron chi connectivity index (χ4n) is 2.61. The first-order chi connectivity index (χ1) is 11.1. The number of hydrogen-bond donors (Lipinski definition) is 1. The molecule has 0 spiro atoms. The van der Waals surface area contributed by atoms with Gasteiger partial charge in [0.15, 0.2) is 0 Å². The molecule has 2 unspecified atom stereocenters. The molecule has 0 fully saturated rings. The second-order valence-electron chi connectivity index (χ2n) is 5.72. The predicted octanol–water partition coefficient (Wildman–Crippen LogP) is 3.48. The van der Waals surface area contributed by atoms with Crippen molar-refractivity contribution in [2.45, 2.75) is 32.1 Å². The normalized spacial score (nSPS) is 13.3. The lowest BCUT2D eigenvalue weighted by Crippen LogP contribution is -2.24. The topological polar surface area (TPSA) is 67.3 Å². The molecule has 23 heavy (non-hydrogen) atoms. The molecule has 4 nitrogen and oxygen atoms in total. The number of carboxylic acid groups (broad SMARTS) is 1. The van der Waals surface area contributed by atoms with Crippen LogP contribution in [0.15, 0.2) is 54.7 Å². The van der Waals surface area contributed by atoms with Gasteiger partial charge in [-0.1, -0.05) is 43.3 Å². The van der Waals surface area contributed by atoms with Crippen molar-refractivity contribution in [3.05, 3.63) is 66.0 Å². The maximum atomic E-state index is 12.2. The van der Waals surface area contributed by atoms with E-state index in [0.717, 1.165) is 5.56 Å². The highest BCUT2D eigenvalue weighted by Crippen LogP contribution is 2.26. The van der Waals surface area contributed by atoms with Gasteiger partial charge in [0.25, 0.3) is 0 Å².